The SMILES string of the molecule is c1ccc(-c2ccc(N(c3ccc4ccccc4c3)c3ccc4cc5c(cc4c3)-c3cc4ccccc4cc3-5)cc2)cc1. The van der Waals surface area contributed by atoms with Crippen molar-refractivity contribution in [3.05, 3.63) is 164 Å². The average Bonchev–Trinajstić information content (AvgIpc) is 3.07. The second-order valence-corrected chi connectivity index (χ2v) is 11.5. The van der Waals surface area contributed by atoms with Crippen LogP contribution in [0.5, 0.6) is 0 Å². The molecule has 1 aliphatic carbocycles. The van der Waals surface area contributed by atoms with Crippen LogP contribution >= 0.6 is 0 Å². The van der Waals surface area contributed by atoms with E-state index >= 15 is 0 Å². The van der Waals surface area contributed by atoms with Gasteiger partial charge in [0.25, 0.3) is 0 Å². The van der Waals surface area contributed by atoms with Gasteiger partial charge in [0, 0.05) is 17.1 Å². The highest BCUT2D eigenvalue weighted by molar-refractivity contribution is 6.12. The smallest absolute Gasteiger partial charge is 0.0468 e. The summed E-state index contributed by atoms with van der Waals surface area (Å²) in [5, 5.41) is 7.58. The largest absolute Gasteiger partial charge is 0.310 e. The topological polar surface area (TPSA) is 3.24 Å². The Morgan fingerprint density at radius 1 is 0.256 bits per heavy atom. The molecule has 0 N–H and O–H groups in total. The summed E-state index contributed by atoms with van der Waals surface area (Å²) in [4.78, 5) is 2.38. The summed E-state index contributed by atoms with van der Waals surface area (Å²) in [6, 6.07) is 59.8. The summed E-state index contributed by atoms with van der Waals surface area (Å²) in [5.41, 5.74) is 11.3. The van der Waals surface area contributed by atoms with Crippen LogP contribution in [0.15, 0.2) is 164 Å². The van der Waals surface area contributed by atoms with Crippen LogP contribution in [0.2, 0.25) is 0 Å². The molecule has 200 valence electrons. The van der Waals surface area contributed by atoms with E-state index < -0.39 is 0 Å². The zero-order valence-electron chi connectivity index (χ0n) is 23.5. The molecule has 1 aliphatic rings. The van der Waals surface area contributed by atoms with Gasteiger partial charge in [0.15, 0.2) is 0 Å². The molecule has 0 aliphatic heterocycles. The third-order valence-electron chi connectivity index (χ3n) is 8.91. The lowest BCUT2D eigenvalue weighted by atomic mass is 9.78. The molecule has 0 bridgehead atoms. The van der Waals surface area contributed by atoms with Gasteiger partial charge in [-0.25, -0.2) is 0 Å². The second kappa shape index (κ2) is 9.44. The van der Waals surface area contributed by atoms with Crippen molar-refractivity contribution in [2.75, 3.05) is 4.90 Å². The van der Waals surface area contributed by atoms with Crippen molar-refractivity contribution in [2.24, 2.45) is 0 Å². The molecule has 0 saturated carbocycles. The molecule has 0 fully saturated rings. The van der Waals surface area contributed by atoms with E-state index in [0.717, 1.165) is 17.1 Å². The van der Waals surface area contributed by atoms with Crippen LogP contribution in [0.25, 0.3) is 65.7 Å². The quantitative estimate of drug-likeness (QED) is 0.213. The van der Waals surface area contributed by atoms with Crippen molar-refractivity contribution in [1.82, 2.24) is 0 Å². The van der Waals surface area contributed by atoms with Crippen molar-refractivity contribution < 1.29 is 0 Å². The lowest BCUT2D eigenvalue weighted by Gasteiger charge is -2.28. The van der Waals surface area contributed by atoms with E-state index in [1.807, 2.05) is 0 Å². The Bertz CT molecular complexity index is 2330. The highest BCUT2D eigenvalue weighted by atomic mass is 15.1. The van der Waals surface area contributed by atoms with Crippen molar-refractivity contribution in [3.63, 3.8) is 0 Å². The zero-order chi connectivity index (χ0) is 28.3. The maximum absolute atomic E-state index is 2.38. The molecule has 1 heteroatoms. The Hall–Kier alpha value is -5.66. The highest BCUT2D eigenvalue weighted by Gasteiger charge is 2.24. The van der Waals surface area contributed by atoms with Crippen LogP contribution in [-0.2, 0) is 0 Å². The van der Waals surface area contributed by atoms with Crippen LogP contribution in [0, 0.1) is 0 Å². The minimum Gasteiger partial charge on any atom is -0.310 e. The van der Waals surface area contributed by atoms with Crippen molar-refractivity contribution in [1.29, 1.82) is 0 Å². The van der Waals surface area contributed by atoms with Crippen LogP contribution in [0.3, 0.4) is 0 Å². The van der Waals surface area contributed by atoms with E-state index in [1.165, 1.54) is 65.7 Å². The number of benzene rings is 8. The molecule has 0 amide bonds. The summed E-state index contributed by atoms with van der Waals surface area (Å²) in [5.74, 6) is 0. The van der Waals surface area contributed by atoms with Crippen LogP contribution in [-0.4, -0.2) is 0 Å². The molecule has 1 nitrogen and oxygen atoms in total. The summed E-state index contributed by atoms with van der Waals surface area (Å²) in [6.07, 6.45) is 0. The third-order valence-corrected chi connectivity index (χ3v) is 8.91. The number of fused-ring (bicyclic) bond motifs is 7. The van der Waals surface area contributed by atoms with E-state index in [1.54, 1.807) is 0 Å². The van der Waals surface area contributed by atoms with E-state index in [4.69, 9.17) is 0 Å². The highest BCUT2D eigenvalue weighted by Crippen LogP contribution is 2.50. The van der Waals surface area contributed by atoms with Gasteiger partial charge in [-0.3, -0.25) is 0 Å². The fourth-order valence-corrected chi connectivity index (χ4v) is 6.69. The molecule has 0 heterocycles. The van der Waals surface area contributed by atoms with Crippen molar-refractivity contribution in [2.45, 2.75) is 0 Å². The van der Waals surface area contributed by atoms with E-state index in [0.29, 0.717) is 0 Å². The van der Waals surface area contributed by atoms with Gasteiger partial charge in [0.1, 0.15) is 0 Å². The predicted molar refractivity (Wildman–Crippen MR) is 184 cm³/mol. The standard InChI is InChI=1S/C42H27N/c1-2-8-28(9-3-1)30-14-18-36(19-15-30)43(37-20-16-29-10-4-5-11-31(29)22-37)38-21-17-34-26-41-39-24-32-12-6-7-13-33(32)25-40(39)42(41)27-35(34)23-38/h1-27H. The van der Waals surface area contributed by atoms with Gasteiger partial charge in [-0.2, -0.15) is 0 Å². The summed E-state index contributed by atoms with van der Waals surface area (Å²) in [6.45, 7) is 0. The minimum atomic E-state index is 1.13. The molecular formula is C42H27N. The molecule has 43 heavy (non-hydrogen) atoms. The fraction of sp³-hybridized carbons (Fsp3) is 0. The normalized spacial score (nSPS) is 11.7. The van der Waals surface area contributed by atoms with Gasteiger partial charge in [0.05, 0.1) is 0 Å². The molecule has 0 atom stereocenters. The molecule has 0 radical (unpaired) electrons. The lowest BCUT2D eigenvalue weighted by Crippen LogP contribution is -2.10. The average molecular weight is 546 g/mol. The van der Waals surface area contributed by atoms with Gasteiger partial charge in [-0.1, -0.05) is 103 Å². The molecule has 9 rings (SSSR count). The number of anilines is 3. The molecule has 0 unspecified atom stereocenters. The monoisotopic (exact) mass is 545 g/mol. The summed E-state index contributed by atoms with van der Waals surface area (Å²) in [7, 11) is 0. The van der Waals surface area contributed by atoms with Gasteiger partial charge in [-0.05, 0) is 126 Å². The Morgan fingerprint density at radius 3 is 1.26 bits per heavy atom. The zero-order valence-corrected chi connectivity index (χ0v) is 23.5. The minimum absolute atomic E-state index is 1.13. The first kappa shape index (κ1) is 24.0. The Morgan fingerprint density at radius 2 is 0.651 bits per heavy atom. The van der Waals surface area contributed by atoms with E-state index in [-0.39, 0.29) is 0 Å². The van der Waals surface area contributed by atoms with E-state index in [9.17, 15) is 0 Å². The van der Waals surface area contributed by atoms with Crippen LogP contribution in [0.1, 0.15) is 0 Å². The number of hydrogen-bond acceptors (Lipinski definition) is 1. The van der Waals surface area contributed by atoms with E-state index in [2.05, 4.69) is 169 Å². The van der Waals surface area contributed by atoms with Gasteiger partial charge < -0.3 is 4.90 Å². The Labute approximate surface area is 250 Å². The predicted octanol–water partition coefficient (Wildman–Crippen LogP) is 11.9. The molecular weight excluding hydrogens is 518 g/mol. The van der Waals surface area contributed by atoms with Gasteiger partial charge in [-0.15, -0.1) is 0 Å². The summed E-state index contributed by atoms with van der Waals surface area (Å²) >= 11 is 0. The second-order valence-electron chi connectivity index (χ2n) is 11.5. The maximum atomic E-state index is 2.38. The number of rotatable bonds is 4. The van der Waals surface area contributed by atoms with Gasteiger partial charge >= 0.3 is 0 Å². The first-order chi connectivity index (χ1) is 21.3. The first-order valence-corrected chi connectivity index (χ1v) is 14.8. The molecule has 0 aromatic heterocycles. The molecule has 0 saturated heterocycles. The lowest BCUT2D eigenvalue weighted by molar-refractivity contribution is 1.29. The van der Waals surface area contributed by atoms with Gasteiger partial charge in [0.2, 0.25) is 0 Å². The van der Waals surface area contributed by atoms with Crippen LogP contribution < -0.4 is 4.90 Å². The van der Waals surface area contributed by atoms with Crippen LogP contribution in [0.4, 0.5) is 17.1 Å². The maximum Gasteiger partial charge on any atom is 0.0468 e. The fourth-order valence-electron chi connectivity index (χ4n) is 6.69. The first-order valence-electron chi connectivity index (χ1n) is 14.8. The Balaban J connectivity index is 1.18. The molecule has 8 aromatic rings. The number of hydrogen-bond donors (Lipinski definition) is 0. The van der Waals surface area contributed by atoms with Crippen molar-refractivity contribution in [3.8, 4) is 33.4 Å². The summed E-state index contributed by atoms with van der Waals surface area (Å²) < 4.78 is 0. The molecule has 8 aromatic carbocycles. The third kappa shape index (κ3) is 3.94. The molecule has 0 spiro atoms. The number of nitrogens with zero attached hydrogens (tertiary/aromatic N) is 1. The Kier molecular flexibility index (Phi) is 5.27. The van der Waals surface area contributed by atoms with Crippen molar-refractivity contribution >= 4 is 49.4 Å².